The molecule has 0 unspecified atom stereocenters. The van der Waals surface area contributed by atoms with Crippen molar-refractivity contribution in [3.8, 4) is 29.1 Å². The van der Waals surface area contributed by atoms with Gasteiger partial charge in [0.15, 0.2) is 0 Å². The third-order valence-electron chi connectivity index (χ3n) is 7.02. The third-order valence-corrected chi connectivity index (χ3v) is 11.4. The lowest BCUT2D eigenvalue weighted by atomic mass is 10.1. The average molecular weight is 549 g/mol. The molecule has 204 valence electrons. The van der Waals surface area contributed by atoms with Crippen LogP contribution in [0.1, 0.15) is 47.8 Å². The molecule has 0 radical (unpaired) electrons. The molecule has 4 aromatic rings. The number of hydrogen-bond donors (Lipinski definition) is 0. The van der Waals surface area contributed by atoms with Crippen molar-refractivity contribution in [1.82, 2.24) is 0 Å². The van der Waals surface area contributed by atoms with Gasteiger partial charge in [-0.3, -0.25) is 4.79 Å². The van der Waals surface area contributed by atoms with Crippen LogP contribution in [-0.4, -0.2) is 14.1 Å². The lowest BCUT2D eigenvalue weighted by molar-refractivity contribution is 0.105. The Kier molecular flexibility index (Phi) is 9.14. The third kappa shape index (κ3) is 7.65. The van der Waals surface area contributed by atoms with Gasteiger partial charge in [-0.2, -0.15) is 0 Å². The van der Waals surface area contributed by atoms with Gasteiger partial charge < -0.3 is 13.9 Å². The van der Waals surface area contributed by atoms with Crippen LogP contribution in [0.3, 0.4) is 0 Å². The normalized spacial score (nSPS) is 11.2. The van der Waals surface area contributed by atoms with E-state index in [2.05, 4.69) is 45.7 Å². The summed E-state index contributed by atoms with van der Waals surface area (Å²) in [6, 6.07) is 32.8. The van der Waals surface area contributed by atoms with E-state index >= 15 is 0 Å². The fourth-order valence-corrected chi connectivity index (χ4v) is 4.70. The molecule has 4 rings (SSSR count). The van der Waals surface area contributed by atoms with Gasteiger partial charge >= 0.3 is 0 Å². The first kappa shape index (κ1) is 28.7. The first-order valence-corrected chi connectivity index (χ1v) is 16.4. The standard InChI is InChI=1S/C35H36O4Si/c1-35(2,3)40(4,5)39-33-24-30(37-25-28-17-11-7-12-18-28)23-32(38-26-29-19-13-8-14-20-29)34(33)31(36)22-21-27-15-9-6-10-16-27/h6-20,23-24H,25-26H2,1-5H3. The summed E-state index contributed by atoms with van der Waals surface area (Å²) in [5.41, 5.74) is 3.10. The lowest BCUT2D eigenvalue weighted by Gasteiger charge is -2.37. The highest BCUT2D eigenvalue weighted by molar-refractivity contribution is 6.74. The van der Waals surface area contributed by atoms with Crippen molar-refractivity contribution in [2.75, 3.05) is 0 Å². The molecule has 0 saturated carbocycles. The van der Waals surface area contributed by atoms with E-state index < -0.39 is 8.32 Å². The van der Waals surface area contributed by atoms with Crippen LogP contribution in [-0.2, 0) is 13.2 Å². The van der Waals surface area contributed by atoms with E-state index in [0.29, 0.717) is 29.4 Å². The largest absolute Gasteiger partial charge is 0.543 e. The maximum absolute atomic E-state index is 13.7. The van der Waals surface area contributed by atoms with Gasteiger partial charge in [-0.05, 0) is 47.3 Å². The molecular weight excluding hydrogens is 512 g/mol. The van der Waals surface area contributed by atoms with E-state index in [1.807, 2.05) is 91.0 Å². The van der Waals surface area contributed by atoms with Crippen LogP contribution in [0.2, 0.25) is 18.1 Å². The summed E-state index contributed by atoms with van der Waals surface area (Å²) in [5.74, 6) is 6.84. The Morgan fingerprint density at radius 3 is 1.77 bits per heavy atom. The second-order valence-corrected chi connectivity index (χ2v) is 15.9. The second-order valence-electron chi connectivity index (χ2n) is 11.2. The van der Waals surface area contributed by atoms with E-state index in [-0.39, 0.29) is 17.4 Å². The van der Waals surface area contributed by atoms with E-state index in [1.54, 1.807) is 12.1 Å². The molecule has 40 heavy (non-hydrogen) atoms. The van der Waals surface area contributed by atoms with Crippen LogP contribution in [0.5, 0.6) is 17.2 Å². The Morgan fingerprint density at radius 1 is 0.725 bits per heavy atom. The first-order valence-electron chi connectivity index (χ1n) is 13.4. The molecule has 0 heterocycles. The number of Topliss-reactive ketones (excluding diaryl/α,β-unsaturated/α-hetero) is 1. The summed E-state index contributed by atoms with van der Waals surface area (Å²) in [4.78, 5) is 13.7. The fourth-order valence-electron chi connectivity index (χ4n) is 3.68. The molecule has 5 heteroatoms. The molecule has 0 saturated heterocycles. The molecule has 0 bridgehead atoms. The van der Waals surface area contributed by atoms with Crippen LogP contribution < -0.4 is 13.9 Å². The van der Waals surface area contributed by atoms with Gasteiger partial charge in [0.1, 0.15) is 36.0 Å². The molecule has 4 aromatic carbocycles. The number of benzene rings is 4. The minimum atomic E-state index is -2.34. The minimum absolute atomic E-state index is 0.0883. The van der Waals surface area contributed by atoms with Gasteiger partial charge in [-0.25, -0.2) is 0 Å². The Balaban J connectivity index is 1.79. The number of carbonyl (C=O) groups is 1. The highest BCUT2D eigenvalue weighted by Crippen LogP contribution is 2.42. The predicted octanol–water partition coefficient (Wildman–Crippen LogP) is 8.46. The smallest absolute Gasteiger partial charge is 0.250 e. The number of hydrogen-bond acceptors (Lipinski definition) is 4. The topological polar surface area (TPSA) is 44.8 Å². The first-order chi connectivity index (χ1) is 19.1. The number of rotatable bonds is 9. The van der Waals surface area contributed by atoms with Gasteiger partial charge in [0.25, 0.3) is 8.32 Å². The van der Waals surface area contributed by atoms with Crippen LogP contribution in [0.15, 0.2) is 103 Å². The van der Waals surface area contributed by atoms with Crippen molar-refractivity contribution in [3.05, 3.63) is 125 Å². The molecular formula is C35H36O4Si. The Bertz CT molecular complexity index is 1480. The van der Waals surface area contributed by atoms with Gasteiger partial charge in [-0.1, -0.05) is 106 Å². The van der Waals surface area contributed by atoms with Crippen molar-refractivity contribution in [1.29, 1.82) is 0 Å². The van der Waals surface area contributed by atoms with Crippen LogP contribution in [0.25, 0.3) is 0 Å². The lowest BCUT2D eigenvalue weighted by Crippen LogP contribution is -2.44. The van der Waals surface area contributed by atoms with Crippen LogP contribution >= 0.6 is 0 Å². The van der Waals surface area contributed by atoms with Gasteiger partial charge in [0, 0.05) is 17.7 Å². The maximum Gasteiger partial charge on any atom is 0.250 e. The van der Waals surface area contributed by atoms with Crippen molar-refractivity contribution < 1.29 is 18.7 Å². The summed E-state index contributed by atoms with van der Waals surface area (Å²) in [5, 5.41) is -0.0883. The van der Waals surface area contributed by atoms with E-state index in [0.717, 1.165) is 16.7 Å². The molecule has 0 amide bonds. The zero-order valence-electron chi connectivity index (χ0n) is 23.9. The van der Waals surface area contributed by atoms with Crippen molar-refractivity contribution in [2.45, 2.75) is 52.1 Å². The van der Waals surface area contributed by atoms with E-state index in [9.17, 15) is 4.79 Å². The van der Waals surface area contributed by atoms with Gasteiger partial charge in [-0.15, -0.1) is 0 Å². The van der Waals surface area contributed by atoms with Crippen molar-refractivity contribution in [2.24, 2.45) is 0 Å². The van der Waals surface area contributed by atoms with Gasteiger partial charge in [0.2, 0.25) is 5.78 Å². The molecule has 4 nitrogen and oxygen atoms in total. The molecule has 0 spiro atoms. The summed E-state index contributed by atoms with van der Waals surface area (Å²) in [7, 11) is -2.34. The zero-order valence-corrected chi connectivity index (χ0v) is 24.9. The molecule has 0 aliphatic heterocycles. The highest BCUT2D eigenvalue weighted by Gasteiger charge is 2.40. The molecule has 0 atom stereocenters. The van der Waals surface area contributed by atoms with Crippen LogP contribution in [0.4, 0.5) is 0 Å². The fraction of sp³-hybridized carbons (Fsp3) is 0.229. The summed E-state index contributed by atoms with van der Waals surface area (Å²) < 4.78 is 19.2. The SMILES string of the molecule is CC(C)(C)[Si](C)(C)Oc1cc(OCc2ccccc2)cc(OCc2ccccc2)c1C(=O)C#Cc1ccccc1. The molecule has 0 fully saturated rings. The van der Waals surface area contributed by atoms with Crippen molar-refractivity contribution >= 4 is 14.1 Å². The number of carbonyl (C=O) groups excluding carboxylic acids is 1. The minimum Gasteiger partial charge on any atom is -0.543 e. The number of ketones is 1. The molecule has 0 aliphatic rings. The molecule has 0 aliphatic carbocycles. The monoisotopic (exact) mass is 548 g/mol. The molecule has 0 N–H and O–H groups in total. The Morgan fingerprint density at radius 2 is 1.23 bits per heavy atom. The van der Waals surface area contributed by atoms with E-state index in [4.69, 9.17) is 13.9 Å². The zero-order chi connectivity index (χ0) is 28.6. The Labute approximate surface area is 239 Å². The predicted molar refractivity (Wildman–Crippen MR) is 163 cm³/mol. The summed E-state index contributed by atoms with van der Waals surface area (Å²) in [6.07, 6.45) is 0. The van der Waals surface area contributed by atoms with Crippen molar-refractivity contribution in [3.63, 3.8) is 0 Å². The van der Waals surface area contributed by atoms with Crippen LogP contribution in [0, 0.1) is 11.8 Å². The summed E-state index contributed by atoms with van der Waals surface area (Å²) >= 11 is 0. The maximum atomic E-state index is 13.7. The average Bonchev–Trinajstić information content (AvgIpc) is 2.94. The Hall–Kier alpha value is -4.27. The quantitative estimate of drug-likeness (QED) is 0.120. The molecule has 0 aromatic heterocycles. The highest BCUT2D eigenvalue weighted by atomic mass is 28.4. The summed E-state index contributed by atoms with van der Waals surface area (Å²) in [6.45, 7) is 11.5. The number of ether oxygens (including phenoxy) is 2. The van der Waals surface area contributed by atoms with E-state index in [1.165, 1.54) is 0 Å². The second kappa shape index (κ2) is 12.7. The van der Waals surface area contributed by atoms with Gasteiger partial charge in [0.05, 0.1) is 0 Å².